The Morgan fingerprint density at radius 2 is 2.00 bits per heavy atom. The van der Waals surface area contributed by atoms with Crippen molar-refractivity contribution in [2.45, 2.75) is 26.9 Å². The first-order valence-electron chi connectivity index (χ1n) is 4.80. The molecule has 96 valence electrons. The van der Waals surface area contributed by atoms with E-state index in [0.29, 0.717) is 11.1 Å². The fourth-order valence-electron chi connectivity index (χ4n) is 1.49. The van der Waals surface area contributed by atoms with Crippen molar-refractivity contribution in [2.75, 3.05) is 6.61 Å². The molecule has 0 fully saturated rings. The summed E-state index contributed by atoms with van der Waals surface area (Å²) in [6.07, 6.45) is -0.987. The normalized spacial score (nSPS) is 11.7. The van der Waals surface area contributed by atoms with Crippen LogP contribution in [0.2, 0.25) is 0 Å². The topological polar surface area (TPSA) is 98.0 Å². The quantitative estimate of drug-likeness (QED) is 0.629. The molecule has 1 aromatic rings. The van der Waals surface area contributed by atoms with E-state index in [4.69, 9.17) is 10.2 Å². The second kappa shape index (κ2) is 6.22. The lowest BCUT2D eigenvalue weighted by atomic mass is 10.0. The number of aromatic hydroxyl groups is 1. The summed E-state index contributed by atoms with van der Waals surface area (Å²) in [5.74, 6) is -1.58. The van der Waals surface area contributed by atoms with Gasteiger partial charge in [-0.05, 0) is 24.1 Å². The van der Waals surface area contributed by atoms with Crippen LogP contribution in [0.1, 0.15) is 28.9 Å². The number of aliphatic hydroxyl groups is 2. The summed E-state index contributed by atoms with van der Waals surface area (Å²) in [6, 6.07) is 2.94. The van der Waals surface area contributed by atoms with Gasteiger partial charge in [0.05, 0.1) is 12.7 Å². The Morgan fingerprint density at radius 1 is 1.41 bits per heavy atom. The van der Waals surface area contributed by atoms with E-state index >= 15 is 0 Å². The Hall–Kier alpha value is -1.59. The molecule has 0 saturated carbocycles. The van der Waals surface area contributed by atoms with Gasteiger partial charge in [-0.15, -0.1) is 0 Å². The predicted octanol–water partition coefficient (Wildman–Crippen LogP) is 0.931. The van der Waals surface area contributed by atoms with E-state index in [1.807, 2.05) is 0 Å². The summed E-state index contributed by atoms with van der Waals surface area (Å²) in [6.45, 7) is 1.26. The summed E-state index contributed by atoms with van der Waals surface area (Å²) >= 11 is 0. The van der Waals surface area contributed by atoms with Crippen LogP contribution < -0.4 is 0 Å². The molecule has 0 heterocycles. The number of phenols is 1. The SMILES string of the molecule is C.Cc1cc(CC(O)CO)c(O)c(C(=O)O)c1. The molecule has 4 N–H and O–H groups in total. The van der Waals surface area contributed by atoms with Crippen LogP contribution in [0.3, 0.4) is 0 Å². The number of aliphatic hydroxyl groups excluding tert-OH is 2. The van der Waals surface area contributed by atoms with Gasteiger partial charge in [0.25, 0.3) is 0 Å². The number of hydrogen-bond acceptors (Lipinski definition) is 4. The Morgan fingerprint density at radius 3 is 2.47 bits per heavy atom. The smallest absolute Gasteiger partial charge is 0.339 e. The Kier molecular flexibility index (Phi) is 5.64. The molecule has 1 atom stereocenters. The number of aromatic carboxylic acids is 1. The fourth-order valence-corrected chi connectivity index (χ4v) is 1.49. The minimum Gasteiger partial charge on any atom is -0.507 e. The number of carboxylic acid groups (broad SMARTS) is 1. The molecule has 0 aliphatic rings. The van der Waals surface area contributed by atoms with Crippen molar-refractivity contribution in [1.82, 2.24) is 0 Å². The first-order chi connectivity index (χ1) is 7.45. The van der Waals surface area contributed by atoms with E-state index < -0.39 is 18.7 Å². The predicted molar refractivity (Wildman–Crippen MR) is 63.3 cm³/mol. The van der Waals surface area contributed by atoms with Crippen molar-refractivity contribution in [2.24, 2.45) is 0 Å². The van der Waals surface area contributed by atoms with Crippen LogP contribution in [-0.4, -0.2) is 39.1 Å². The van der Waals surface area contributed by atoms with Gasteiger partial charge in [0.2, 0.25) is 0 Å². The lowest BCUT2D eigenvalue weighted by Gasteiger charge is -2.11. The number of benzene rings is 1. The molecule has 0 radical (unpaired) electrons. The molecular weight excluding hydrogens is 224 g/mol. The molecule has 0 saturated heterocycles. The van der Waals surface area contributed by atoms with Crippen molar-refractivity contribution in [3.63, 3.8) is 0 Å². The average molecular weight is 242 g/mol. The van der Waals surface area contributed by atoms with E-state index in [-0.39, 0.29) is 25.2 Å². The fraction of sp³-hybridized carbons (Fsp3) is 0.417. The lowest BCUT2D eigenvalue weighted by molar-refractivity contribution is 0.0692. The maximum atomic E-state index is 10.8. The maximum absolute atomic E-state index is 10.8. The lowest BCUT2D eigenvalue weighted by Crippen LogP contribution is -2.15. The second-order valence-electron chi connectivity index (χ2n) is 3.67. The zero-order valence-corrected chi connectivity index (χ0v) is 8.84. The molecule has 17 heavy (non-hydrogen) atoms. The molecule has 1 unspecified atom stereocenters. The summed E-state index contributed by atoms with van der Waals surface area (Å²) in [4.78, 5) is 10.8. The monoisotopic (exact) mass is 242 g/mol. The van der Waals surface area contributed by atoms with Gasteiger partial charge in [-0.2, -0.15) is 0 Å². The Labute approximate surface area is 100.0 Å². The highest BCUT2D eigenvalue weighted by atomic mass is 16.4. The van der Waals surface area contributed by atoms with Crippen molar-refractivity contribution in [1.29, 1.82) is 0 Å². The highest BCUT2D eigenvalue weighted by Crippen LogP contribution is 2.25. The number of carboxylic acids is 1. The van der Waals surface area contributed by atoms with Crippen LogP contribution in [0.25, 0.3) is 0 Å². The van der Waals surface area contributed by atoms with Gasteiger partial charge in [-0.1, -0.05) is 13.5 Å². The molecule has 0 bridgehead atoms. The molecular formula is C12H18O5. The molecule has 0 aliphatic carbocycles. The van der Waals surface area contributed by atoms with E-state index in [2.05, 4.69) is 0 Å². The van der Waals surface area contributed by atoms with Crippen LogP contribution in [0, 0.1) is 6.92 Å². The minimum atomic E-state index is -1.22. The second-order valence-corrected chi connectivity index (χ2v) is 3.67. The van der Waals surface area contributed by atoms with Gasteiger partial charge in [-0.25, -0.2) is 4.79 Å². The van der Waals surface area contributed by atoms with Crippen molar-refractivity contribution < 1.29 is 25.2 Å². The molecule has 0 amide bonds. The van der Waals surface area contributed by atoms with Gasteiger partial charge < -0.3 is 20.4 Å². The first kappa shape index (κ1) is 15.4. The number of rotatable bonds is 4. The van der Waals surface area contributed by atoms with Gasteiger partial charge in [0, 0.05) is 6.42 Å². The van der Waals surface area contributed by atoms with Crippen molar-refractivity contribution in [3.05, 3.63) is 28.8 Å². The first-order valence-corrected chi connectivity index (χ1v) is 4.80. The molecule has 5 nitrogen and oxygen atoms in total. The van der Waals surface area contributed by atoms with Crippen molar-refractivity contribution >= 4 is 5.97 Å². The molecule has 1 aromatic carbocycles. The summed E-state index contributed by atoms with van der Waals surface area (Å²) in [5.41, 5.74) is 0.800. The third kappa shape index (κ3) is 3.72. The summed E-state index contributed by atoms with van der Waals surface area (Å²) in [5, 5.41) is 36.4. The maximum Gasteiger partial charge on any atom is 0.339 e. The van der Waals surface area contributed by atoms with Crippen LogP contribution in [0.5, 0.6) is 5.75 Å². The molecule has 0 aromatic heterocycles. The molecule has 1 rings (SSSR count). The average Bonchev–Trinajstić information content (AvgIpc) is 2.22. The van der Waals surface area contributed by atoms with Crippen molar-refractivity contribution in [3.8, 4) is 5.75 Å². The number of carbonyl (C=O) groups is 1. The molecule has 5 heteroatoms. The number of aryl methyl sites for hydroxylation is 1. The zero-order chi connectivity index (χ0) is 12.3. The van der Waals surface area contributed by atoms with E-state index in [1.165, 1.54) is 6.07 Å². The molecule has 0 spiro atoms. The Bertz CT molecular complexity index is 400. The molecule has 0 aliphatic heterocycles. The highest BCUT2D eigenvalue weighted by molar-refractivity contribution is 5.91. The summed E-state index contributed by atoms with van der Waals surface area (Å²) in [7, 11) is 0. The van der Waals surface area contributed by atoms with Gasteiger partial charge >= 0.3 is 5.97 Å². The van der Waals surface area contributed by atoms with Gasteiger partial charge in [0.1, 0.15) is 11.3 Å². The number of hydrogen-bond donors (Lipinski definition) is 4. The van der Waals surface area contributed by atoms with Crippen LogP contribution in [-0.2, 0) is 6.42 Å². The zero-order valence-electron chi connectivity index (χ0n) is 8.84. The van der Waals surface area contributed by atoms with Crippen LogP contribution in [0.15, 0.2) is 12.1 Å². The van der Waals surface area contributed by atoms with Crippen LogP contribution in [0.4, 0.5) is 0 Å². The standard InChI is InChI=1S/C11H14O5.CH4/c1-6-2-7(4-8(13)5-12)10(14)9(3-6)11(15)16;/h2-3,8,12-14H,4-5H2,1H3,(H,15,16);1H4. The minimum absolute atomic E-state index is 0. The van der Waals surface area contributed by atoms with Crippen LogP contribution >= 0.6 is 0 Å². The van der Waals surface area contributed by atoms with E-state index in [0.717, 1.165) is 0 Å². The third-order valence-corrected chi connectivity index (χ3v) is 2.23. The summed E-state index contributed by atoms with van der Waals surface area (Å²) < 4.78 is 0. The van der Waals surface area contributed by atoms with E-state index in [1.54, 1.807) is 13.0 Å². The van der Waals surface area contributed by atoms with Gasteiger partial charge in [-0.3, -0.25) is 0 Å². The van der Waals surface area contributed by atoms with Gasteiger partial charge in [0.15, 0.2) is 0 Å². The third-order valence-electron chi connectivity index (χ3n) is 2.23. The largest absolute Gasteiger partial charge is 0.507 e. The Balaban J connectivity index is 0.00000256. The highest BCUT2D eigenvalue weighted by Gasteiger charge is 2.16. The van der Waals surface area contributed by atoms with E-state index in [9.17, 15) is 15.0 Å².